The summed E-state index contributed by atoms with van der Waals surface area (Å²) in [4.78, 5) is 20.2. The first kappa shape index (κ1) is 14.6. The van der Waals surface area contributed by atoms with Crippen molar-refractivity contribution in [1.29, 1.82) is 0 Å². The van der Waals surface area contributed by atoms with Crippen LogP contribution >= 0.6 is 0 Å². The predicted octanol–water partition coefficient (Wildman–Crippen LogP) is 1.63. The molecule has 0 spiro atoms. The van der Waals surface area contributed by atoms with E-state index in [2.05, 4.69) is 15.3 Å². The van der Waals surface area contributed by atoms with Crippen LogP contribution in [0.1, 0.15) is 38.2 Å². The molecule has 0 fully saturated rings. The first-order valence-electron chi connectivity index (χ1n) is 6.08. The summed E-state index contributed by atoms with van der Waals surface area (Å²) in [5.74, 6) is -0.102. The number of esters is 1. The molecule has 0 aliphatic heterocycles. The molecule has 1 heterocycles. The van der Waals surface area contributed by atoms with Gasteiger partial charge >= 0.3 is 5.97 Å². The number of hydrogen-bond acceptors (Lipinski definition) is 5. The van der Waals surface area contributed by atoms with Crippen molar-refractivity contribution in [2.24, 2.45) is 5.92 Å². The monoisotopic (exact) mass is 251 g/mol. The number of aromatic nitrogens is 2. The molecule has 1 aromatic rings. The van der Waals surface area contributed by atoms with Gasteiger partial charge in [-0.15, -0.1) is 0 Å². The molecule has 2 atom stereocenters. The van der Waals surface area contributed by atoms with E-state index in [-0.39, 0.29) is 24.0 Å². The lowest BCUT2D eigenvalue weighted by atomic mass is 10.0. The number of ether oxygens (including phenoxy) is 1. The van der Waals surface area contributed by atoms with E-state index in [1.807, 2.05) is 27.7 Å². The van der Waals surface area contributed by atoms with Gasteiger partial charge in [-0.3, -0.25) is 20.1 Å². The molecule has 0 aliphatic rings. The fourth-order valence-corrected chi connectivity index (χ4v) is 1.85. The van der Waals surface area contributed by atoms with Gasteiger partial charge in [0.2, 0.25) is 0 Å². The number of aryl methyl sites for hydroxylation is 1. The zero-order valence-electron chi connectivity index (χ0n) is 11.6. The number of rotatable bonds is 5. The number of carbonyl (C=O) groups is 1. The summed E-state index contributed by atoms with van der Waals surface area (Å²) in [5.41, 5.74) is 1.72. The van der Waals surface area contributed by atoms with E-state index in [0.717, 1.165) is 11.4 Å². The third-order valence-electron chi connectivity index (χ3n) is 2.88. The molecule has 18 heavy (non-hydrogen) atoms. The Morgan fingerprint density at radius 2 is 1.89 bits per heavy atom. The van der Waals surface area contributed by atoms with E-state index >= 15 is 0 Å². The number of nitrogens with zero attached hydrogens (tertiary/aromatic N) is 2. The summed E-state index contributed by atoms with van der Waals surface area (Å²) in [6.45, 7) is 7.83. The topological polar surface area (TPSA) is 64.1 Å². The van der Waals surface area contributed by atoms with Crippen molar-refractivity contribution in [2.45, 2.75) is 39.8 Å². The van der Waals surface area contributed by atoms with Crippen molar-refractivity contribution in [3.05, 3.63) is 23.8 Å². The molecule has 0 bridgehead atoms. The van der Waals surface area contributed by atoms with Crippen molar-refractivity contribution >= 4 is 5.97 Å². The van der Waals surface area contributed by atoms with E-state index < -0.39 is 0 Å². The Hall–Kier alpha value is -1.49. The Kier molecular flexibility index (Phi) is 5.22. The number of methoxy groups -OCH3 is 1. The van der Waals surface area contributed by atoms with E-state index in [1.165, 1.54) is 7.11 Å². The highest BCUT2D eigenvalue weighted by atomic mass is 16.5. The van der Waals surface area contributed by atoms with Crippen LogP contribution in [0.5, 0.6) is 0 Å². The lowest BCUT2D eigenvalue weighted by Crippen LogP contribution is -2.43. The Morgan fingerprint density at radius 1 is 1.28 bits per heavy atom. The van der Waals surface area contributed by atoms with E-state index in [9.17, 15) is 4.79 Å². The van der Waals surface area contributed by atoms with Gasteiger partial charge in [0.05, 0.1) is 18.5 Å². The second-order valence-corrected chi connectivity index (χ2v) is 4.66. The molecule has 1 N–H and O–H groups in total. The zero-order valence-corrected chi connectivity index (χ0v) is 11.6. The molecule has 5 nitrogen and oxygen atoms in total. The van der Waals surface area contributed by atoms with Crippen LogP contribution in [-0.4, -0.2) is 29.1 Å². The second-order valence-electron chi connectivity index (χ2n) is 4.66. The van der Waals surface area contributed by atoms with Gasteiger partial charge in [-0.05, 0) is 19.8 Å². The summed E-state index contributed by atoms with van der Waals surface area (Å²) >= 11 is 0. The van der Waals surface area contributed by atoms with Gasteiger partial charge in [0, 0.05) is 18.4 Å². The SMILES string of the molecule is COC(=O)[C@@H](NC(C)c1nccnc1C)C(C)C. The largest absolute Gasteiger partial charge is 0.468 e. The molecule has 0 aromatic carbocycles. The second kappa shape index (κ2) is 6.44. The van der Waals surface area contributed by atoms with E-state index in [0.29, 0.717) is 0 Å². The minimum Gasteiger partial charge on any atom is -0.468 e. The highest BCUT2D eigenvalue weighted by Crippen LogP contribution is 2.15. The van der Waals surface area contributed by atoms with Crippen LogP contribution in [0.4, 0.5) is 0 Å². The predicted molar refractivity (Wildman–Crippen MR) is 69.0 cm³/mol. The van der Waals surface area contributed by atoms with Gasteiger partial charge in [0.1, 0.15) is 6.04 Å². The van der Waals surface area contributed by atoms with Crippen LogP contribution in [0.25, 0.3) is 0 Å². The van der Waals surface area contributed by atoms with E-state index in [4.69, 9.17) is 4.74 Å². The average molecular weight is 251 g/mol. The van der Waals surface area contributed by atoms with Crippen LogP contribution in [0.15, 0.2) is 12.4 Å². The molecule has 0 saturated heterocycles. The van der Waals surface area contributed by atoms with Crippen molar-refractivity contribution in [3.8, 4) is 0 Å². The number of carbonyl (C=O) groups excluding carboxylic acids is 1. The Labute approximate surface area is 108 Å². The summed E-state index contributed by atoms with van der Waals surface area (Å²) in [6.07, 6.45) is 3.31. The molecule has 5 heteroatoms. The van der Waals surface area contributed by atoms with Crippen molar-refractivity contribution < 1.29 is 9.53 Å². The van der Waals surface area contributed by atoms with Crippen LogP contribution in [-0.2, 0) is 9.53 Å². The Bertz CT molecular complexity index is 407. The Balaban J connectivity index is 2.82. The van der Waals surface area contributed by atoms with Crippen LogP contribution in [0, 0.1) is 12.8 Å². The van der Waals surface area contributed by atoms with Gasteiger partial charge in [-0.25, -0.2) is 0 Å². The normalized spacial score (nSPS) is 14.3. The molecule has 0 aliphatic carbocycles. The smallest absolute Gasteiger partial charge is 0.323 e. The molecule has 1 unspecified atom stereocenters. The average Bonchev–Trinajstić information content (AvgIpc) is 2.35. The molecule has 0 amide bonds. The van der Waals surface area contributed by atoms with Gasteiger partial charge < -0.3 is 4.74 Å². The first-order chi connectivity index (χ1) is 8.47. The zero-order chi connectivity index (χ0) is 13.7. The minimum absolute atomic E-state index is 0.0507. The summed E-state index contributed by atoms with van der Waals surface area (Å²) in [5, 5.41) is 3.25. The molecular weight excluding hydrogens is 230 g/mol. The third-order valence-corrected chi connectivity index (χ3v) is 2.88. The summed E-state index contributed by atoms with van der Waals surface area (Å²) in [6, 6.07) is -0.392. The molecular formula is C13H21N3O2. The van der Waals surface area contributed by atoms with Gasteiger partial charge in [0.15, 0.2) is 0 Å². The fraction of sp³-hybridized carbons (Fsp3) is 0.615. The quantitative estimate of drug-likeness (QED) is 0.806. The fourth-order valence-electron chi connectivity index (χ4n) is 1.85. The molecule has 1 rings (SSSR count). The maximum absolute atomic E-state index is 11.7. The first-order valence-corrected chi connectivity index (χ1v) is 6.08. The van der Waals surface area contributed by atoms with Crippen LogP contribution in [0.3, 0.4) is 0 Å². The maximum Gasteiger partial charge on any atom is 0.323 e. The maximum atomic E-state index is 11.7. The lowest BCUT2D eigenvalue weighted by molar-refractivity contribution is -0.144. The highest BCUT2D eigenvalue weighted by Gasteiger charge is 2.25. The van der Waals surface area contributed by atoms with Gasteiger partial charge in [0.25, 0.3) is 0 Å². The summed E-state index contributed by atoms with van der Waals surface area (Å²) < 4.78 is 4.80. The lowest BCUT2D eigenvalue weighted by Gasteiger charge is -2.24. The van der Waals surface area contributed by atoms with Crippen LogP contribution in [0.2, 0.25) is 0 Å². The third kappa shape index (κ3) is 3.50. The molecule has 1 aromatic heterocycles. The van der Waals surface area contributed by atoms with Gasteiger partial charge in [-0.2, -0.15) is 0 Å². The van der Waals surface area contributed by atoms with E-state index in [1.54, 1.807) is 12.4 Å². The molecule has 100 valence electrons. The molecule has 0 radical (unpaired) electrons. The number of nitrogens with one attached hydrogen (secondary N) is 1. The minimum atomic E-state index is -0.341. The summed E-state index contributed by atoms with van der Waals surface area (Å²) in [7, 11) is 1.40. The molecule has 0 saturated carbocycles. The Morgan fingerprint density at radius 3 is 2.39 bits per heavy atom. The van der Waals surface area contributed by atoms with Crippen molar-refractivity contribution in [1.82, 2.24) is 15.3 Å². The van der Waals surface area contributed by atoms with Crippen LogP contribution < -0.4 is 5.32 Å². The number of hydrogen-bond donors (Lipinski definition) is 1. The van der Waals surface area contributed by atoms with Crippen molar-refractivity contribution in [3.63, 3.8) is 0 Å². The van der Waals surface area contributed by atoms with Gasteiger partial charge in [-0.1, -0.05) is 13.8 Å². The highest BCUT2D eigenvalue weighted by molar-refractivity contribution is 5.76. The van der Waals surface area contributed by atoms with Crippen molar-refractivity contribution in [2.75, 3.05) is 7.11 Å². The standard InChI is InChI=1S/C13H21N3O2/c1-8(2)11(13(17)18-5)16-10(4)12-9(3)14-6-7-15-12/h6-8,10-11,16H,1-5H3/t10?,11-/m0/s1.